The van der Waals surface area contributed by atoms with Crippen LogP contribution < -0.4 is 5.32 Å². The molecule has 0 bridgehead atoms. The minimum Gasteiger partial charge on any atom is -0.369 e. The largest absolute Gasteiger partial charge is 0.369 e. The topological polar surface area (TPSA) is 39.1 Å². The first-order valence-electron chi connectivity index (χ1n) is 7.82. The van der Waals surface area contributed by atoms with Gasteiger partial charge in [0.05, 0.1) is 0 Å². The zero-order valence-corrected chi connectivity index (χ0v) is 12.3. The molecule has 1 aliphatic heterocycles. The van der Waals surface area contributed by atoms with Gasteiger partial charge in [-0.15, -0.1) is 0 Å². The molecular formula is C16H25N3O. The van der Waals surface area contributed by atoms with Gasteiger partial charge in [-0.05, 0) is 44.6 Å². The van der Waals surface area contributed by atoms with Gasteiger partial charge < -0.3 is 14.6 Å². The van der Waals surface area contributed by atoms with E-state index in [4.69, 9.17) is 4.74 Å². The molecule has 110 valence electrons. The van der Waals surface area contributed by atoms with Gasteiger partial charge in [0.15, 0.2) is 0 Å². The average Bonchev–Trinajstić information content (AvgIpc) is 2.92. The van der Waals surface area contributed by atoms with Crippen molar-refractivity contribution >= 4 is 0 Å². The number of aryl methyl sites for hydroxylation is 1. The van der Waals surface area contributed by atoms with Crippen molar-refractivity contribution in [2.45, 2.75) is 44.2 Å². The van der Waals surface area contributed by atoms with Gasteiger partial charge in [0.2, 0.25) is 0 Å². The molecule has 4 nitrogen and oxygen atoms in total. The van der Waals surface area contributed by atoms with Crippen LogP contribution in [-0.2, 0) is 11.8 Å². The number of allylic oxidation sites excluding steroid dienone is 2. The molecular weight excluding hydrogens is 250 g/mol. The summed E-state index contributed by atoms with van der Waals surface area (Å²) in [4.78, 5) is 4.47. The van der Waals surface area contributed by atoms with E-state index in [0.29, 0.717) is 6.04 Å². The first kappa shape index (κ1) is 13.8. The highest BCUT2D eigenvalue weighted by Crippen LogP contribution is 2.27. The summed E-state index contributed by atoms with van der Waals surface area (Å²) in [5.41, 5.74) is 0. The zero-order valence-electron chi connectivity index (χ0n) is 12.3. The monoisotopic (exact) mass is 275 g/mol. The SMILES string of the molecule is Cn1ccnc1[C@H]1OCCC[C@@H]1NCC1CC=CCC1. The third-order valence-corrected chi connectivity index (χ3v) is 4.48. The molecule has 1 N–H and O–H groups in total. The summed E-state index contributed by atoms with van der Waals surface area (Å²) in [5.74, 6) is 1.83. The molecule has 0 amide bonds. The Morgan fingerprint density at radius 3 is 3.10 bits per heavy atom. The van der Waals surface area contributed by atoms with E-state index in [1.165, 1.54) is 25.7 Å². The van der Waals surface area contributed by atoms with Crippen molar-refractivity contribution in [2.24, 2.45) is 13.0 Å². The van der Waals surface area contributed by atoms with Crippen LogP contribution in [0.5, 0.6) is 0 Å². The van der Waals surface area contributed by atoms with Crippen LogP contribution in [0.4, 0.5) is 0 Å². The molecule has 3 rings (SSSR count). The molecule has 3 atom stereocenters. The summed E-state index contributed by atoms with van der Waals surface area (Å²) < 4.78 is 8.07. The van der Waals surface area contributed by atoms with E-state index in [2.05, 4.69) is 27.0 Å². The van der Waals surface area contributed by atoms with Crippen LogP contribution in [0.15, 0.2) is 24.5 Å². The van der Waals surface area contributed by atoms with Crippen LogP contribution >= 0.6 is 0 Å². The van der Waals surface area contributed by atoms with Crippen LogP contribution in [-0.4, -0.2) is 28.7 Å². The van der Waals surface area contributed by atoms with Gasteiger partial charge in [0.1, 0.15) is 11.9 Å². The highest BCUT2D eigenvalue weighted by Gasteiger charge is 2.30. The number of aromatic nitrogens is 2. The number of nitrogens with one attached hydrogen (secondary N) is 1. The van der Waals surface area contributed by atoms with Gasteiger partial charge in [-0.2, -0.15) is 0 Å². The van der Waals surface area contributed by atoms with Crippen LogP contribution in [0.1, 0.15) is 44.0 Å². The van der Waals surface area contributed by atoms with Gasteiger partial charge in [0, 0.05) is 32.1 Å². The van der Waals surface area contributed by atoms with Crippen LogP contribution in [0, 0.1) is 5.92 Å². The van der Waals surface area contributed by atoms with Crippen molar-refractivity contribution in [3.8, 4) is 0 Å². The predicted octanol–water partition coefficient (Wildman–Crippen LogP) is 2.59. The molecule has 1 saturated heterocycles. The van der Waals surface area contributed by atoms with Gasteiger partial charge in [-0.3, -0.25) is 0 Å². The quantitative estimate of drug-likeness (QED) is 0.858. The number of ether oxygens (including phenoxy) is 1. The van der Waals surface area contributed by atoms with E-state index in [-0.39, 0.29) is 6.10 Å². The fourth-order valence-corrected chi connectivity index (χ4v) is 3.26. The number of hydrogen-bond donors (Lipinski definition) is 1. The van der Waals surface area contributed by atoms with Gasteiger partial charge in [-0.25, -0.2) is 4.98 Å². The maximum Gasteiger partial charge on any atom is 0.139 e. The zero-order chi connectivity index (χ0) is 13.8. The summed E-state index contributed by atoms with van der Waals surface area (Å²) in [6.07, 6.45) is 14.7. The molecule has 20 heavy (non-hydrogen) atoms. The molecule has 1 aromatic rings. The van der Waals surface area contributed by atoms with Crippen molar-refractivity contribution < 1.29 is 4.74 Å². The van der Waals surface area contributed by atoms with Crippen LogP contribution in [0.25, 0.3) is 0 Å². The molecule has 1 aliphatic carbocycles. The van der Waals surface area contributed by atoms with Gasteiger partial charge in [0.25, 0.3) is 0 Å². The fourth-order valence-electron chi connectivity index (χ4n) is 3.26. The number of nitrogens with zero attached hydrogens (tertiary/aromatic N) is 2. The Balaban J connectivity index is 1.60. The second kappa shape index (κ2) is 6.55. The van der Waals surface area contributed by atoms with Gasteiger partial charge >= 0.3 is 0 Å². The first-order valence-corrected chi connectivity index (χ1v) is 7.82. The normalized spacial score (nSPS) is 30.6. The third kappa shape index (κ3) is 3.13. The van der Waals surface area contributed by atoms with Crippen molar-refractivity contribution in [2.75, 3.05) is 13.2 Å². The van der Waals surface area contributed by atoms with E-state index in [1.54, 1.807) is 0 Å². The Kier molecular flexibility index (Phi) is 4.53. The Bertz CT molecular complexity index is 454. The number of rotatable bonds is 4. The Labute approximate surface area is 121 Å². The summed E-state index contributed by atoms with van der Waals surface area (Å²) in [5, 5.41) is 3.74. The molecule has 4 heteroatoms. The maximum absolute atomic E-state index is 6.00. The highest BCUT2D eigenvalue weighted by atomic mass is 16.5. The Hall–Kier alpha value is -1.13. The molecule has 0 saturated carbocycles. The first-order chi connectivity index (χ1) is 9.84. The lowest BCUT2D eigenvalue weighted by atomic mass is 9.93. The van der Waals surface area contributed by atoms with Crippen LogP contribution in [0.3, 0.4) is 0 Å². The summed E-state index contributed by atoms with van der Waals surface area (Å²) >= 11 is 0. The highest BCUT2D eigenvalue weighted by molar-refractivity contribution is 5.02. The standard InChI is InChI=1S/C16H25N3O/c1-19-10-9-17-16(19)15-14(8-5-11-20-15)18-12-13-6-3-2-4-7-13/h2-3,9-10,13-15,18H,4-8,11-12H2,1H3/t13?,14-,15-/m0/s1. The minimum absolute atomic E-state index is 0.0999. The maximum atomic E-state index is 6.00. The Morgan fingerprint density at radius 1 is 1.40 bits per heavy atom. The average molecular weight is 275 g/mol. The fraction of sp³-hybridized carbons (Fsp3) is 0.688. The lowest BCUT2D eigenvalue weighted by Crippen LogP contribution is -2.42. The Morgan fingerprint density at radius 2 is 2.35 bits per heavy atom. The molecule has 1 unspecified atom stereocenters. The van der Waals surface area contributed by atoms with Crippen molar-refractivity contribution in [1.29, 1.82) is 0 Å². The molecule has 2 aliphatic rings. The molecule has 1 aromatic heterocycles. The molecule has 0 spiro atoms. The lowest BCUT2D eigenvalue weighted by Gasteiger charge is -2.33. The number of imidazole rings is 1. The lowest BCUT2D eigenvalue weighted by molar-refractivity contribution is -0.0183. The van der Waals surface area contributed by atoms with E-state index >= 15 is 0 Å². The molecule has 1 fully saturated rings. The second-order valence-electron chi connectivity index (χ2n) is 6.00. The summed E-state index contributed by atoms with van der Waals surface area (Å²) in [6.45, 7) is 1.95. The third-order valence-electron chi connectivity index (χ3n) is 4.48. The van der Waals surface area contributed by atoms with E-state index in [0.717, 1.165) is 31.3 Å². The van der Waals surface area contributed by atoms with E-state index in [9.17, 15) is 0 Å². The minimum atomic E-state index is 0.0999. The summed E-state index contributed by atoms with van der Waals surface area (Å²) in [7, 11) is 2.04. The predicted molar refractivity (Wildman–Crippen MR) is 79.4 cm³/mol. The smallest absolute Gasteiger partial charge is 0.139 e. The van der Waals surface area contributed by atoms with Crippen molar-refractivity contribution in [1.82, 2.24) is 14.9 Å². The van der Waals surface area contributed by atoms with E-state index < -0.39 is 0 Å². The van der Waals surface area contributed by atoms with Gasteiger partial charge in [-0.1, -0.05) is 12.2 Å². The second-order valence-corrected chi connectivity index (χ2v) is 6.00. The molecule has 2 heterocycles. The van der Waals surface area contributed by atoms with Crippen molar-refractivity contribution in [3.05, 3.63) is 30.4 Å². The molecule has 0 aromatic carbocycles. The molecule has 0 radical (unpaired) electrons. The number of hydrogen-bond acceptors (Lipinski definition) is 3. The van der Waals surface area contributed by atoms with Crippen molar-refractivity contribution in [3.63, 3.8) is 0 Å². The van der Waals surface area contributed by atoms with E-state index in [1.807, 2.05) is 19.4 Å². The summed E-state index contributed by atoms with van der Waals surface area (Å²) in [6, 6.07) is 0.399. The van der Waals surface area contributed by atoms with Crippen LogP contribution in [0.2, 0.25) is 0 Å².